The van der Waals surface area contributed by atoms with Crippen molar-refractivity contribution in [2.24, 2.45) is 0 Å². The van der Waals surface area contributed by atoms with Gasteiger partial charge >= 0.3 is 0 Å². The van der Waals surface area contributed by atoms with Gasteiger partial charge in [-0.15, -0.1) is 0 Å². The Hall–Kier alpha value is -6.51. The Morgan fingerprint density at radius 3 is 1.53 bits per heavy atom. The molecule has 0 aliphatic rings. The standard InChI is InChI=1S/C41H25N7S/c1-3-9-26(10-4-1)41-46-25-36(49-41)48-33-16-14-28(40-44-21-8-22-45-40)24-31(33)38-35(48)18-17-34-37(38)30-23-27(39-42-19-7-20-43-39)13-15-32(30)47(34)29-11-5-2-6-12-29/h1-25H. The van der Waals surface area contributed by atoms with Crippen LogP contribution in [0.15, 0.2) is 152 Å². The number of aromatic nitrogens is 7. The maximum atomic E-state index is 4.88. The lowest BCUT2D eigenvalue weighted by molar-refractivity contribution is 1.17. The van der Waals surface area contributed by atoms with Gasteiger partial charge in [0.25, 0.3) is 0 Å². The van der Waals surface area contributed by atoms with Gasteiger partial charge in [0.05, 0.1) is 28.3 Å². The fourth-order valence-electron chi connectivity index (χ4n) is 6.97. The van der Waals surface area contributed by atoms with Crippen molar-refractivity contribution in [3.05, 3.63) is 152 Å². The van der Waals surface area contributed by atoms with E-state index in [4.69, 9.17) is 4.98 Å². The minimum Gasteiger partial charge on any atom is -0.309 e. The molecule has 0 amide bonds. The maximum absolute atomic E-state index is 4.88. The molecule has 8 heteroatoms. The summed E-state index contributed by atoms with van der Waals surface area (Å²) in [7, 11) is 0. The molecule has 0 bridgehead atoms. The number of benzene rings is 5. The Kier molecular flexibility index (Phi) is 6.22. The van der Waals surface area contributed by atoms with Crippen LogP contribution in [0.2, 0.25) is 0 Å². The first-order valence-electron chi connectivity index (χ1n) is 16.0. The van der Waals surface area contributed by atoms with Gasteiger partial charge in [-0.1, -0.05) is 59.9 Å². The molecule has 5 heterocycles. The summed E-state index contributed by atoms with van der Waals surface area (Å²) < 4.78 is 4.70. The van der Waals surface area contributed by atoms with Crippen molar-refractivity contribution >= 4 is 54.9 Å². The molecule has 0 atom stereocenters. The molecule has 7 nitrogen and oxygen atoms in total. The van der Waals surface area contributed by atoms with Crippen LogP contribution in [0.4, 0.5) is 0 Å². The minimum absolute atomic E-state index is 0.692. The van der Waals surface area contributed by atoms with E-state index in [1.807, 2.05) is 24.4 Å². The van der Waals surface area contributed by atoms with Gasteiger partial charge in [0, 0.05) is 68.7 Å². The molecule has 230 valence electrons. The number of nitrogens with zero attached hydrogens (tertiary/aromatic N) is 7. The molecule has 0 N–H and O–H groups in total. The SMILES string of the molecule is c1ccc(-c2ncc(-n3c4ccc(-c5ncccn5)cc4c4c5c6cc(-c7ncccn7)ccc6n(-c6ccccc6)c5ccc43)s2)cc1. The normalized spacial score (nSPS) is 11.7. The molecule has 10 rings (SSSR count). The first-order valence-corrected chi connectivity index (χ1v) is 16.8. The van der Waals surface area contributed by atoms with Gasteiger partial charge in [-0.3, -0.25) is 4.57 Å². The zero-order chi connectivity index (χ0) is 32.3. The summed E-state index contributed by atoms with van der Waals surface area (Å²) in [5, 5.41) is 6.60. The van der Waals surface area contributed by atoms with Gasteiger partial charge < -0.3 is 4.57 Å². The second kappa shape index (κ2) is 11.0. The molecule has 10 aromatic rings. The molecule has 0 aliphatic heterocycles. The summed E-state index contributed by atoms with van der Waals surface area (Å²) in [6, 6.07) is 42.2. The summed E-state index contributed by atoms with van der Waals surface area (Å²) in [6.45, 7) is 0. The minimum atomic E-state index is 0.692. The molecule has 0 unspecified atom stereocenters. The number of hydrogen-bond acceptors (Lipinski definition) is 6. The molecule has 0 fully saturated rings. The van der Waals surface area contributed by atoms with E-state index in [0.717, 1.165) is 76.0 Å². The Balaban J connectivity index is 1.35. The highest BCUT2D eigenvalue weighted by Gasteiger charge is 2.23. The lowest BCUT2D eigenvalue weighted by atomic mass is 10.0. The molecular weight excluding hydrogens is 623 g/mol. The van der Waals surface area contributed by atoms with Crippen LogP contribution in [0.25, 0.3) is 87.6 Å². The second-order valence-corrected chi connectivity index (χ2v) is 12.8. The smallest absolute Gasteiger partial charge is 0.159 e. The van der Waals surface area contributed by atoms with Gasteiger partial charge in [0.1, 0.15) is 10.0 Å². The average molecular weight is 648 g/mol. The number of rotatable bonds is 5. The van der Waals surface area contributed by atoms with E-state index in [-0.39, 0.29) is 0 Å². The Bertz CT molecular complexity index is 2810. The fourth-order valence-corrected chi connectivity index (χ4v) is 7.92. The Morgan fingerprint density at radius 2 is 0.939 bits per heavy atom. The third kappa shape index (κ3) is 4.38. The first kappa shape index (κ1) is 27.6. The van der Waals surface area contributed by atoms with E-state index in [0.29, 0.717) is 11.6 Å². The van der Waals surface area contributed by atoms with Crippen LogP contribution < -0.4 is 0 Å². The molecule has 0 radical (unpaired) electrons. The van der Waals surface area contributed by atoms with Crippen LogP contribution in [0.5, 0.6) is 0 Å². The summed E-state index contributed by atoms with van der Waals surface area (Å²) >= 11 is 1.69. The van der Waals surface area contributed by atoms with E-state index >= 15 is 0 Å². The fraction of sp³-hybridized carbons (Fsp3) is 0. The highest BCUT2D eigenvalue weighted by Crippen LogP contribution is 2.44. The summed E-state index contributed by atoms with van der Waals surface area (Å²) in [4.78, 5) is 23.2. The van der Waals surface area contributed by atoms with Gasteiger partial charge in [-0.2, -0.15) is 0 Å². The van der Waals surface area contributed by atoms with Crippen LogP contribution >= 0.6 is 11.3 Å². The highest BCUT2D eigenvalue weighted by molar-refractivity contribution is 7.17. The molecule has 0 saturated heterocycles. The number of para-hydroxylation sites is 1. The van der Waals surface area contributed by atoms with Crippen LogP contribution in [0.3, 0.4) is 0 Å². The van der Waals surface area contributed by atoms with Crippen molar-refractivity contribution < 1.29 is 0 Å². The third-order valence-electron chi connectivity index (χ3n) is 9.05. The van der Waals surface area contributed by atoms with E-state index in [2.05, 4.69) is 132 Å². The van der Waals surface area contributed by atoms with E-state index in [1.54, 1.807) is 36.1 Å². The molecular formula is C41H25N7S. The zero-order valence-electron chi connectivity index (χ0n) is 26.0. The molecule has 0 saturated carbocycles. The van der Waals surface area contributed by atoms with Crippen molar-refractivity contribution in [2.45, 2.75) is 0 Å². The number of thiazole rings is 1. The van der Waals surface area contributed by atoms with Crippen LogP contribution in [0, 0.1) is 0 Å². The summed E-state index contributed by atoms with van der Waals surface area (Å²) in [5.74, 6) is 1.39. The van der Waals surface area contributed by atoms with Crippen molar-refractivity contribution in [1.82, 2.24) is 34.1 Å². The van der Waals surface area contributed by atoms with E-state index in [1.165, 1.54) is 0 Å². The predicted octanol–water partition coefficient (Wildman–Crippen LogP) is 9.92. The largest absolute Gasteiger partial charge is 0.309 e. The lowest BCUT2D eigenvalue weighted by Gasteiger charge is -2.08. The molecule has 49 heavy (non-hydrogen) atoms. The first-order chi connectivity index (χ1) is 24.3. The van der Waals surface area contributed by atoms with Crippen molar-refractivity contribution in [3.8, 4) is 44.0 Å². The van der Waals surface area contributed by atoms with Crippen LogP contribution in [-0.4, -0.2) is 34.1 Å². The maximum Gasteiger partial charge on any atom is 0.159 e. The molecule has 5 aromatic heterocycles. The number of fused-ring (bicyclic) bond motifs is 7. The van der Waals surface area contributed by atoms with Crippen molar-refractivity contribution in [1.29, 1.82) is 0 Å². The second-order valence-electron chi connectivity index (χ2n) is 11.8. The van der Waals surface area contributed by atoms with Crippen LogP contribution in [-0.2, 0) is 0 Å². The third-order valence-corrected chi connectivity index (χ3v) is 10.1. The molecule has 5 aromatic carbocycles. The molecule has 0 spiro atoms. The zero-order valence-corrected chi connectivity index (χ0v) is 26.8. The monoisotopic (exact) mass is 647 g/mol. The highest BCUT2D eigenvalue weighted by atomic mass is 32.1. The lowest BCUT2D eigenvalue weighted by Crippen LogP contribution is -1.94. The van der Waals surface area contributed by atoms with Gasteiger partial charge in [0.2, 0.25) is 0 Å². The average Bonchev–Trinajstić information content (AvgIpc) is 3.88. The summed E-state index contributed by atoms with van der Waals surface area (Å²) in [5.41, 5.74) is 8.56. The van der Waals surface area contributed by atoms with E-state index < -0.39 is 0 Å². The van der Waals surface area contributed by atoms with Crippen LogP contribution in [0.1, 0.15) is 0 Å². The van der Waals surface area contributed by atoms with E-state index in [9.17, 15) is 0 Å². The van der Waals surface area contributed by atoms with Crippen molar-refractivity contribution in [3.63, 3.8) is 0 Å². The van der Waals surface area contributed by atoms with Gasteiger partial charge in [0.15, 0.2) is 11.6 Å². The number of hydrogen-bond donors (Lipinski definition) is 0. The van der Waals surface area contributed by atoms with Gasteiger partial charge in [-0.25, -0.2) is 24.9 Å². The Morgan fingerprint density at radius 1 is 0.429 bits per heavy atom. The molecule has 0 aliphatic carbocycles. The summed E-state index contributed by atoms with van der Waals surface area (Å²) in [6.07, 6.45) is 9.14. The van der Waals surface area contributed by atoms with Gasteiger partial charge in [-0.05, 0) is 72.8 Å². The Labute approximate surface area is 284 Å². The predicted molar refractivity (Wildman–Crippen MR) is 198 cm³/mol. The van der Waals surface area contributed by atoms with Crippen molar-refractivity contribution in [2.75, 3.05) is 0 Å². The topological polar surface area (TPSA) is 74.3 Å². The quantitative estimate of drug-likeness (QED) is 0.186.